The number of hydrogen-bond donors (Lipinski definition) is 4. The molecule has 24 heteroatoms. The molecule has 0 aliphatic rings. The minimum atomic E-state index is -4.80. The summed E-state index contributed by atoms with van der Waals surface area (Å²) in [6.07, 6.45) is -9.59. The highest BCUT2D eigenvalue weighted by Crippen LogP contribution is 2.40. The quantitative estimate of drug-likeness (QED) is 0.0484. The van der Waals surface area contributed by atoms with E-state index in [1.165, 1.54) is 48.5 Å². The number of amides is 4. The molecule has 0 aliphatic heterocycles. The lowest BCUT2D eigenvalue weighted by Gasteiger charge is -2.16. The van der Waals surface area contributed by atoms with Crippen LogP contribution >= 0.6 is 46.4 Å². The number of benzene rings is 5. The Balaban J connectivity index is 1.27. The van der Waals surface area contributed by atoms with Gasteiger partial charge in [0.15, 0.2) is 11.6 Å². The molecule has 5 rings (SSSR count). The van der Waals surface area contributed by atoms with Crippen LogP contribution in [0.4, 0.5) is 60.5 Å². The predicted octanol–water partition coefficient (Wildman–Crippen LogP) is 12.8. The second-order valence-electron chi connectivity index (χ2n) is 14.4. The van der Waals surface area contributed by atoms with E-state index in [1.54, 1.807) is 13.8 Å². The number of anilines is 4. The van der Waals surface area contributed by atoms with Gasteiger partial charge in [0.25, 0.3) is 23.6 Å². The van der Waals surface area contributed by atoms with E-state index in [0.29, 0.717) is 11.1 Å². The van der Waals surface area contributed by atoms with Crippen molar-refractivity contribution in [2.45, 2.75) is 52.1 Å². The van der Waals surface area contributed by atoms with Crippen molar-refractivity contribution in [3.63, 3.8) is 0 Å². The van der Waals surface area contributed by atoms with E-state index in [1.807, 2.05) is 0 Å². The summed E-state index contributed by atoms with van der Waals surface area (Å²) < 4.78 is 80.1. The minimum absolute atomic E-state index is 0.175. The number of nitrogens with one attached hydrogen (secondary N) is 4. The van der Waals surface area contributed by atoms with E-state index < -0.39 is 80.8 Å². The average Bonchev–Trinajstić information content (AvgIpc) is 3.24. The molecule has 4 N–H and O–H groups in total. The Hall–Kier alpha value is -6.74. The summed E-state index contributed by atoms with van der Waals surface area (Å²) >= 11 is 24.6. The van der Waals surface area contributed by atoms with Gasteiger partial charge in [0.2, 0.25) is 12.1 Å². The maximum atomic E-state index is 13.4. The monoisotopic (exact) mass is 1020 g/mol. The maximum Gasteiger partial charge on any atom is 0.417 e. The third-order valence-electron chi connectivity index (χ3n) is 9.47. The van der Waals surface area contributed by atoms with Gasteiger partial charge in [-0.1, -0.05) is 70.7 Å². The van der Waals surface area contributed by atoms with Gasteiger partial charge in [-0.25, -0.2) is 0 Å². The third kappa shape index (κ3) is 12.4. The topological polar surface area (TPSA) is 200 Å². The van der Waals surface area contributed by atoms with E-state index in [2.05, 4.69) is 41.7 Å². The number of aryl methyl sites for hydroxylation is 2. The summed E-state index contributed by atoms with van der Waals surface area (Å²) in [4.78, 5) is 78.1. The van der Waals surface area contributed by atoms with Crippen LogP contribution in [-0.4, -0.2) is 47.3 Å². The Morgan fingerprint density at radius 2 is 0.824 bits per heavy atom. The number of alkyl halides is 6. The summed E-state index contributed by atoms with van der Waals surface area (Å²) in [6, 6.07) is 13.0. The van der Waals surface area contributed by atoms with E-state index in [-0.39, 0.29) is 55.3 Å². The van der Waals surface area contributed by atoms with Crippen molar-refractivity contribution >= 4 is 116 Å². The molecule has 2 unspecified atom stereocenters. The van der Waals surface area contributed by atoms with Gasteiger partial charge >= 0.3 is 12.4 Å². The summed E-state index contributed by atoms with van der Waals surface area (Å²) in [5.74, 6) is -5.30. The zero-order valence-corrected chi connectivity index (χ0v) is 38.3. The van der Waals surface area contributed by atoms with Gasteiger partial charge in [0.1, 0.15) is 11.4 Å². The van der Waals surface area contributed by atoms with Gasteiger partial charge in [-0.05, 0) is 99.5 Å². The zero-order chi connectivity index (χ0) is 50.4. The predicted molar refractivity (Wildman–Crippen MR) is 243 cm³/mol. The van der Waals surface area contributed by atoms with Crippen LogP contribution in [0.5, 0.6) is 0 Å². The van der Waals surface area contributed by atoms with Crippen LogP contribution < -0.4 is 21.3 Å². The van der Waals surface area contributed by atoms with Gasteiger partial charge in [-0.3, -0.25) is 28.8 Å². The average molecular weight is 1020 g/mol. The lowest BCUT2D eigenvalue weighted by atomic mass is 10.1. The molecule has 0 bridgehead atoms. The molecule has 0 aliphatic carbocycles. The van der Waals surface area contributed by atoms with Gasteiger partial charge in [0.05, 0.1) is 53.7 Å². The first kappa shape index (κ1) is 52.2. The molecule has 68 heavy (non-hydrogen) atoms. The number of hydrogen-bond acceptors (Lipinski definition) is 10. The Morgan fingerprint density at radius 1 is 0.485 bits per heavy atom. The molecule has 0 aromatic heterocycles. The standard InChI is InChI=1S/C44H32Cl4F6N8O6/c1-19-17-32(58-42(68)38(22(4)64)62-60-30-16-6-10-24(34(30)46)40(66)56-28-14-8-12-26(36(28)48)44(52,53)54)20(2)18-31(19)57-41(67)37(21(3)63)61-59-29-15-5-9-23(33(29)45)39(65)55-27-13-7-11-25(35(27)47)43(49,50)51/h5-18,37-38H,1-4H3,(H,55,65)(H,56,66)(H,57,67)(H,58,68). The molecule has 5 aromatic rings. The van der Waals surface area contributed by atoms with Crippen molar-refractivity contribution in [2.75, 3.05) is 21.3 Å². The molecule has 5 aromatic carbocycles. The molecule has 2 atom stereocenters. The van der Waals surface area contributed by atoms with Crippen LogP contribution in [0.25, 0.3) is 0 Å². The highest BCUT2D eigenvalue weighted by Gasteiger charge is 2.35. The molecule has 0 radical (unpaired) electrons. The van der Waals surface area contributed by atoms with Crippen molar-refractivity contribution in [2.24, 2.45) is 20.5 Å². The summed E-state index contributed by atoms with van der Waals surface area (Å²) in [6.45, 7) is 5.23. The minimum Gasteiger partial charge on any atom is -0.324 e. The number of carbonyl (C=O) groups excluding carboxylic acids is 6. The largest absolute Gasteiger partial charge is 0.417 e. The number of halogens is 10. The van der Waals surface area contributed by atoms with Crippen LogP contribution in [0.3, 0.4) is 0 Å². The molecule has 0 spiro atoms. The normalized spacial score (nSPS) is 12.7. The van der Waals surface area contributed by atoms with Crippen LogP contribution in [0, 0.1) is 13.8 Å². The molecule has 0 saturated heterocycles. The van der Waals surface area contributed by atoms with Gasteiger partial charge in [-0.2, -0.15) is 46.8 Å². The number of Topliss-reactive ketones (excluding diaryl/α,β-unsaturated/α-hetero) is 2. The van der Waals surface area contributed by atoms with Crippen molar-refractivity contribution < 1.29 is 55.1 Å². The summed E-state index contributed by atoms with van der Waals surface area (Å²) in [5.41, 5.74) is -2.84. The number of azo groups is 2. The van der Waals surface area contributed by atoms with Gasteiger partial charge < -0.3 is 21.3 Å². The SMILES string of the molecule is CC(=O)C(N=Nc1cccc(C(=O)Nc2cccc(C(F)(F)F)c2Cl)c1Cl)C(=O)Nc1cc(C)c(NC(=O)C(N=Nc2cccc(C(=O)Nc3cccc(C(F)(F)F)c3Cl)c2Cl)C(C)=O)cc1C. The van der Waals surface area contributed by atoms with E-state index in [4.69, 9.17) is 46.4 Å². The van der Waals surface area contributed by atoms with Crippen molar-refractivity contribution in [1.82, 2.24) is 0 Å². The number of nitrogens with zero attached hydrogens (tertiary/aromatic N) is 4. The number of rotatable bonds is 14. The van der Waals surface area contributed by atoms with Crippen molar-refractivity contribution in [3.8, 4) is 0 Å². The van der Waals surface area contributed by atoms with E-state index in [0.717, 1.165) is 50.2 Å². The molecule has 4 amide bonds. The molecular weight excluding hydrogens is 992 g/mol. The van der Waals surface area contributed by atoms with Crippen LogP contribution in [0.15, 0.2) is 105 Å². The first-order valence-electron chi connectivity index (χ1n) is 19.3. The molecular formula is C44H32Cl4F6N8O6. The first-order valence-corrected chi connectivity index (χ1v) is 20.8. The Bertz CT molecular complexity index is 2740. The summed E-state index contributed by atoms with van der Waals surface area (Å²) in [7, 11) is 0. The fraction of sp³-hybridized carbons (Fsp3) is 0.182. The third-order valence-corrected chi connectivity index (χ3v) is 11.1. The van der Waals surface area contributed by atoms with E-state index >= 15 is 0 Å². The molecule has 0 fully saturated rings. The van der Waals surface area contributed by atoms with Gasteiger partial charge in [0, 0.05) is 11.4 Å². The van der Waals surface area contributed by atoms with Crippen LogP contribution in [0.1, 0.15) is 56.8 Å². The van der Waals surface area contributed by atoms with Gasteiger partial charge in [-0.15, -0.1) is 0 Å². The molecule has 0 heterocycles. The second-order valence-corrected chi connectivity index (χ2v) is 15.9. The number of carbonyl (C=O) groups is 6. The smallest absolute Gasteiger partial charge is 0.324 e. The zero-order valence-electron chi connectivity index (χ0n) is 35.3. The first-order chi connectivity index (χ1) is 31.8. The molecule has 14 nitrogen and oxygen atoms in total. The fourth-order valence-corrected chi connectivity index (χ4v) is 7.04. The van der Waals surface area contributed by atoms with E-state index in [9.17, 15) is 55.1 Å². The number of ketones is 2. The Labute approximate surface area is 401 Å². The Kier molecular flexibility index (Phi) is 16.5. The second kappa shape index (κ2) is 21.5. The Morgan fingerprint density at radius 3 is 1.15 bits per heavy atom. The fourth-order valence-electron chi connectivity index (χ4n) is 5.98. The van der Waals surface area contributed by atoms with Crippen molar-refractivity contribution in [3.05, 3.63) is 138 Å². The summed E-state index contributed by atoms with van der Waals surface area (Å²) in [5, 5.41) is 23.0. The molecule has 0 saturated carbocycles. The van der Waals surface area contributed by atoms with Crippen LogP contribution in [0.2, 0.25) is 20.1 Å². The maximum absolute atomic E-state index is 13.4. The lowest BCUT2D eigenvalue weighted by Crippen LogP contribution is -2.32. The highest BCUT2D eigenvalue weighted by atomic mass is 35.5. The molecule has 354 valence electrons. The van der Waals surface area contributed by atoms with Crippen LogP contribution in [-0.2, 0) is 31.5 Å². The van der Waals surface area contributed by atoms with Crippen molar-refractivity contribution in [1.29, 1.82) is 0 Å². The lowest BCUT2D eigenvalue weighted by molar-refractivity contribution is -0.138. The highest BCUT2D eigenvalue weighted by molar-refractivity contribution is 6.38.